The highest BCUT2D eigenvalue weighted by Crippen LogP contribution is 2.15. The van der Waals surface area contributed by atoms with E-state index in [2.05, 4.69) is 10.6 Å². The van der Waals surface area contributed by atoms with Gasteiger partial charge in [-0.15, -0.1) is 0 Å². The number of nitrogens with one attached hydrogen (secondary N) is 2. The third-order valence-electron chi connectivity index (χ3n) is 2.76. The van der Waals surface area contributed by atoms with Crippen molar-refractivity contribution in [2.75, 3.05) is 37.5 Å². The van der Waals surface area contributed by atoms with Crippen molar-refractivity contribution in [1.29, 1.82) is 0 Å². The first kappa shape index (κ1) is 15.3. The average molecular weight is 265 g/mol. The second-order valence-electron chi connectivity index (χ2n) is 4.61. The number of benzene rings is 1. The fourth-order valence-corrected chi connectivity index (χ4v) is 1.63. The number of aliphatic hydroxyl groups excluding tert-OH is 1. The SMILES string of the molecule is CN(C)c1ccc(NC(=O)NCCCCCO)cc1. The average Bonchev–Trinajstić information content (AvgIpc) is 2.39. The maximum Gasteiger partial charge on any atom is 0.319 e. The zero-order valence-corrected chi connectivity index (χ0v) is 11.6. The molecule has 3 N–H and O–H groups in total. The van der Waals surface area contributed by atoms with Crippen molar-refractivity contribution >= 4 is 17.4 Å². The zero-order chi connectivity index (χ0) is 14.1. The van der Waals surface area contributed by atoms with Gasteiger partial charge in [0.2, 0.25) is 0 Å². The molecule has 0 aliphatic heterocycles. The number of hydrogen-bond acceptors (Lipinski definition) is 3. The Kier molecular flexibility index (Phi) is 6.74. The number of rotatable bonds is 7. The predicted octanol–water partition coefficient (Wildman–Crippen LogP) is 2.04. The maximum absolute atomic E-state index is 11.6. The molecule has 1 aromatic rings. The number of carbonyl (C=O) groups excluding carboxylic acids is 1. The number of hydrogen-bond donors (Lipinski definition) is 3. The smallest absolute Gasteiger partial charge is 0.319 e. The van der Waals surface area contributed by atoms with E-state index in [0.29, 0.717) is 6.54 Å². The molecule has 2 amide bonds. The Hall–Kier alpha value is -1.75. The summed E-state index contributed by atoms with van der Waals surface area (Å²) in [6.45, 7) is 0.839. The molecule has 0 aliphatic carbocycles. The third kappa shape index (κ3) is 6.10. The highest BCUT2D eigenvalue weighted by Gasteiger charge is 2.01. The van der Waals surface area contributed by atoms with Gasteiger partial charge in [-0.05, 0) is 43.5 Å². The molecular weight excluding hydrogens is 242 g/mol. The van der Waals surface area contributed by atoms with Gasteiger partial charge >= 0.3 is 6.03 Å². The molecule has 0 aromatic heterocycles. The number of amides is 2. The summed E-state index contributed by atoms with van der Waals surface area (Å²) in [4.78, 5) is 13.6. The second kappa shape index (κ2) is 8.37. The molecule has 1 aromatic carbocycles. The topological polar surface area (TPSA) is 64.6 Å². The van der Waals surface area contributed by atoms with Crippen LogP contribution in [-0.4, -0.2) is 38.4 Å². The van der Waals surface area contributed by atoms with Crippen LogP contribution in [0, 0.1) is 0 Å². The van der Waals surface area contributed by atoms with Crippen LogP contribution in [0.1, 0.15) is 19.3 Å². The highest BCUT2D eigenvalue weighted by atomic mass is 16.2. The van der Waals surface area contributed by atoms with Gasteiger partial charge in [0.05, 0.1) is 0 Å². The van der Waals surface area contributed by atoms with Crippen molar-refractivity contribution in [2.45, 2.75) is 19.3 Å². The normalized spacial score (nSPS) is 10.1. The Morgan fingerprint density at radius 3 is 2.42 bits per heavy atom. The summed E-state index contributed by atoms with van der Waals surface area (Å²) in [7, 11) is 3.95. The Labute approximate surface area is 114 Å². The molecule has 0 spiro atoms. The van der Waals surface area contributed by atoms with E-state index < -0.39 is 0 Å². The first-order valence-corrected chi connectivity index (χ1v) is 6.56. The van der Waals surface area contributed by atoms with Crippen LogP contribution >= 0.6 is 0 Å². The van der Waals surface area contributed by atoms with Crippen LogP contribution in [0.2, 0.25) is 0 Å². The minimum absolute atomic E-state index is 0.193. The molecule has 0 radical (unpaired) electrons. The lowest BCUT2D eigenvalue weighted by molar-refractivity contribution is 0.251. The molecule has 19 heavy (non-hydrogen) atoms. The van der Waals surface area contributed by atoms with E-state index in [1.165, 1.54) is 0 Å². The van der Waals surface area contributed by atoms with E-state index in [4.69, 9.17) is 5.11 Å². The first-order chi connectivity index (χ1) is 9.13. The number of urea groups is 1. The fourth-order valence-electron chi connectivity index (χ4n) is 1.63. The van der Waals surface area contributed by atoms with Gasteiger partial charge in [0.25, 0.3) is 0 Å². The number of nitrogens with zero attached hydrogens (tertiary/aromatic N) is 1. The zero-order valence-electron chi connectivity index (χ0n) is 11.6. The van der Waals surface area contributed by atoms with Gasteiger partial charge in [0.1, 0.15) is 0 Å². The Morgan fingerprint density at radius 2 is 1.84 bits per heavy atom. The van der Waals surface area contributed by atoms with Crippen molar-refractivity contribution in [2.24, 2.45) is 0 Å². The van der Waals surface area contributed by atoms with E-state index in [1.54, 1.807) is 0 Å². The monoisotopic (exact) mass is 265 g/mol. The van der Waals surface area contributed by atoms with Gasteiger partial charge in [-0.3, -0.25) is 0 Å². The molecule has 1 rings (SSSR count). The molecule has 5 nitrogen and oxygen atoms in total. The van der Waals surface area contributed by atoms with Crippen LogP contribution < -0.4 is 15.5 Å². The van der Waals surface area contributed by atoms with Gasteiger partial charge in [0, 0.05) is 38.6 Å². The van der Waals surface area contributed by atoms with Crippen molar-refractivity contribution < 1.29 is 9.90 Å². The Bertz CT molecular complexity index is 377. The minimum Gasteiger partial charge on any atom is -0.396 e. The summed E-state index contributed by atoms with van der Waals surface area (Å²) < 4.78 is 0. The summed E-state index contributed by atoms with van der Waals surface area (Å²) >= 11 is 0. The molecule has 0 fully saturated rings. The number of carbonyl (C=O) groups is 1. The van der Waals surface area contributed by atoms with Crippen LogP contribution in [0.4, 0.5) is 16.2 Å². The van der Waals surface area contributed by atoms with Gasteiger partial charge in [-0.1, -0.05) is 0 Å². The molecular formula is C14H23N3O2. The molecule has 5 heteroatoms. The number of aliphatic hydroxyl groups is 1. The first-order valence-electron chi connectivity index (χ1n) is 6.56. The van der Waals surface area contributed by atoms with Gasteiger partial charge < -0.3 is 20.6 Å². The van der Waals surface area contributed by atoms with Crippen molar-refractivity contribution in [3.63, 3.8) is 0 Å². The molecule has 0 unspecified atom stereocenters. The molecule has 0 saturated carbocycles. The number of anilines is 2. The largest absolute Gasteiger partial charge is 0.396 e. The van der Waals surface area contributed by atoms with E-state index in [1.807, 2.05) is 43.3 Å². The summed E-state index contributed by atoms with van der Waals surface area (Å²) in [5.74, 6) is 0. The van der Waals surface area contributed by atoms with Crippen LogP contribution in [0.5, 0.6) is 0 Å². The quantitative estimate of drug-likeness (QED) is 0.661. The van der Waals surface area contributed by atoms with Gasteiger partial charge in [-0.2, -0.15) is 0 Å². The van der Waals surface area contributed by atoms with Crippen molar-refractivity contribution in [3.8, 4) is 0 Å². The van der Waals surface area contributed by atoms with Crippen LogP contribution in [0.3, 0.4) is 0 Å². The predicted molar refractivity (Wildman–Crippen MR) is 78.7 cm³/mol. The summed E-state index contributed by atoms with van der Waals surface area (Å²) in [6.07, 6.45) is 2.59. The summed E-state index contributed by atoms with van der Waals surface area (Å²) in [5, 5.41) is 14.2. The lowest BCUT2D eigenvalue weighted by Crippen LogP contribution is -2.29. The molecule has 0 atom stereocenters. The van der Waals surface area contributed by atoms with Crippen LogP contribution in [-0.2, 0) is 0 Å². The lowest BCUT2D eigenvalue weighted by Gasteiger charge is -2.13. The Morgan fingerprint density at radius 1 is 1.16 bits per heavy atom. The number of unbranched alkanes of at least 4 members (excludes halogenated alkanes) is 2. The Balaban J connectivity index is 2.28. The van der Waals surface area contributed by atoms with Gasteiger partial charge in [-0.25, -0.2) is 4.79 Å². The van der Waals surface area contributed by atoms with E-state index in [9.17, 15) is 4.79 Å². The van der Waals surface area contributed by atoms with Gasteiger partial charge in [0.15, 0.2) is 0 Å². The van der Waals surface area contributed by atoms with E-state index in [0.717, 1.165) is 30.6 Å². The minimum atomic E-state index is -0.193. The summed E-state index contributed by atoms with van der Waals surface area (Å²) in [5.41, 5.74) is 1.87. The standard InChI is InChI=1S/C14H23N3O2/c1-17(2)13-8-6-12(7-9-13)16-14(19)15-10-4-3-5-11-18/h6-9,18H,3-5,10-11H2,1-2H3,(H2,15,16,19). The van der Waals surface area contributed by atoms with Crippen molar-refractivity contribution in [3.05, 3.63) is 24.3 Å². The maximum atomic E-state index is 11.6. The third-order valence-corrected chi connectivity index (χ3v) is 2.76. The fraction of sp³-hybridized carbons (Fsp3) is 0.500. The molecule has 0 saturated heterocycles. The summed E-state index contributed by atoms with van der Waals surface area (Å²) in [6, 6.07) is 7.47. The van der Waals surface area contributed by atoms with Crippen molar-refractivity contribution in [1.82, 2.24) is 5.32 Å². The molecule has 0 heterocycles. The van der Waals surface area contributed by atoms with E-state index >= 15 is 0 Å². The second-order valence-corrected chi connectivity index (χ2v) is 4.61. The van der Waals surface area contributed by atoms with Crippen LogP contribution in [0.25, 0.3) is 0 Å². The highest BCUT2D eigenvalue weighted by molar-refractivity contribution is 5.89. The molecule has 106 valence electrons. The molecule has 0 aliphatic rings. The lowest BCUT2D eigenvalue weighted by atomic mass is 10.2. The molecule has 0 bridgehead atoms. The van der Waals surface area contributed by atoms with E-state index in [-0.39, 0.29) is 12.6 Å². The van der Waals surface area contributed by atoms with Crippen LogP contribution in [0.15, 0.2) is 24.3 Å².